The van der Waals surface area contributed by atoms with Crippen molar-refractivity contribution in [1.29, 1.82) is 0 Å². The first-order chi connectivity index (χ1) is 25.3. The Morgan fingerprint density at radius 2 is 1.85 bits per heavy atom. The largest absolute Gasteiger partial charge is 0.476 e. The highest BCUT2D eigenvalue weighted by Crippen LogP contribution is 2.39. The van der Waals surface area contributed by atoms with Crippen molar-refractivity contribution in [3.8, 4) is 5.88 Å². The summed E-state index contributed by atoms with van der Waals surface area (Å²) in [6, 6.07) is 13.3. The third-order valence-corrected chi connectivity index (χ3v) is 8.92. The van der Waals surface area contributed by atoms with Crippen LogP contribution >= 0.6 is 11.6 Å². The number of likely N-dealkylation sites (N-methyl/N-ethyl adjacent to an activating group) is 1. The molecular formula is C40H46ClF2N5O5. The minimum absolute atomic E-state index is 0.0970. The first-order valence-electron chi connectivity index (χ1n) is 17.7. The lowest BCUT2D eigenvalue weighted by molar-refractivity contribution is -0.123. The zero-order chi connectivity index (χ0) is 38.3. The summed E-state index contributed by atoms with van der Waals surface area (Å²) in [4.78, 5) is 32.4. The fourth-order valence-corrected chi connectivity index (χ4v) is 6.31. The molecule has 1 saturated heterocycles. The van der Waals surface area contributed by atoms with E-state index in [0.717, 1.165) is 30.4 Å². The summed E-state index contributed by atoms with van der Waals surface area (Å²) in [6.07, 6.45) is 6.98. The Morgan fingerprint density at radius 3 is 2.49 bits per heavy atom. The van der Waals surface area contributed by atoms with E-state index < -0.39 is 23.5 Å². The number of hydrogen-bond acceptors (Lipinski definition) is 7. The summed E-state index contributed by atoms with van der Waals surface area (Å²) in [6.45, 7) is 8.31. The van der Waals surface area contributed by atoms with Crippen molar-refractivity contribution in [2.45, 2.75) is 65.2 Å². The molecule has 5 rings (SSSR count). The van der Waals surface area contributed by atoms with E-state index in [1.165, 1.54) is 28.0 Å². The quantitative estimate of drug-likeness (QED) is 0.106. The Kier molecular flexibility index (Phi) is 12.9. The first kappa shape index (κ1) is 39.4. The van der Waals surface area contributed by atoms with Crippen LogP contribution in [0, 0.1) is 11.8 Å². The zero-order valence-corrected chi connectivity index (χ0v) is 31.8. The molecule has 10 nitrogen and oxygen atoms in total. The van der Waals surface area contributed by atoms with Gasteiger partial charge in [-0.2, -0.15) is 4.39 Å². The summed E-state index contributed by atoms with van der Waals surface area (Å²) in [5, 5.41) is 4.80. The van der Waals surface area contributed by atoms with Gasteiger partial charge in [-0.05, 0) is 99.1 Å². The van der Waals surface area contributed by atoms with Crippen LogP contribution in [0.2, 0.25) is 5.02 Å². The van der Waals surface area contributed by atoms with E-state index in [2.05, 4.69) is 10.1 Å². The van der Waals surface area contributed by atoms with Crippen LogP contribution in [0.15, 0.2) is 66.9 Å². The Balaban J connectivity index is 1.44. The molecule has 0 radical (unpaired) electrons. The predicted molar refractivity (Wildman–Crippen MR) is 202 cm³/mol. The van der Waals surface area contributed by atoms with Crippen molar-refractivity contribution in [1.82, 2.24) is 24.6 Å². The van der Waals surface area contributed by atoms with Gasteiger partial charge in [0.15, 0.2) is 6.23 Å². The van der Waals surface area contributed by atoms with Crippen LogP contribution in [0.5, 0.6) is 5.88 Å². The van der Waals surface area contributed by atoms with Gasteiger partial charge >= 0.3 is 6.09 Å². The minimum atomic E-state index is -0.710. The lowest BCUT2D eigenvalue weighted by Crippen LogP contribution is -2.39. The molecule has 2 amide bonds. The summed E-state index contributed by atoms with van der Waals surface area (Å²) in [5.74, 6) is -0.952. The summed E-state index contributed by atoms with van der Waals surface area (Å²) >= 11 is 6.60. The monoisotopic (exact) mass is 749 g/mol. The Labute approximate surface area is 314 Å². The molecule has 2 aromatic carbocycles. The van der Waals surface area contributed by atoms with Crippen LogP contribution in [0.4, 0.5) is 13.6 Å². The molecule has 1 atom stereocenters. The van der Waals surface area contributed by atoms with Gasteiger partial charge in [0.1, 0.15) is 18.0 Å². The van der Waals surface area contributed by atoms with Crippen molar-refractivity contribution in [3.63, 3.8) is 0 Å². The van der Waals surface area contributed by atoms with E-state index in [1.54, 1.807) is 70.0 Å². The number of carbonyl (C=O) groups is 2. The third kappa shape index (κ3) is 10.00. The van der Waals surface area contributed by atoms with E-state index in [9.17, 15) is 14.0 Å². The Morgan fingerprint density at radius 1 is 1.08 bits per heavy atom. The lowest BCUT2D eigenvalue weighted by atomic mass is 9.88. The van der Waals surface area contributed by atoms with Crippen molar-refractivity contribution in [2.24, 2.45) is 0 Å². The highest BCUT2D eigenvalue weighted by molar-refractivity contribution is 6.32. The normalized spacial score (nSPS) is 15.4. The van der Waals surface area contributed by atoms with E-state index in [-0.39, 0.29) is 36.9 Å². The van der Waals surface area contributed by atoms with E-state index >= 15 is 4.39 Å². The molecule has 13 heteroatoms. The van der Waals surface area contributed by atoms with Gasteiger partial charge in [0.25, 0.3) is 0 Å². The van der Waals surface area contributed by atoms with E-state index in [1.807, 2.05) is 25.1 Å². The second-order valence-electron chi connectivity index (χ2n) is 13.9. The maximum absolute atomic E-state index is 15.5. The number of amides is 2. The van der Waals surface area contributed by atoms with Gasteiger partial charge in [0, 0.05) is 51.1 Å². The Bertz CT molecular complexity index is 1980. The number of carbonyl (C=O) groups excluding carboxylic acids is 2. The fraction of sp³-hybridized carbons (Fsp3) is 0.400. The predicted octanol–water partition coefficient (Wildman–Crippen LogP) is 8.69. The lowest BCUT2D eigenvalue weighted by Gasteiger charge is -2.26. The smallest absolute Gasteiger partial charge is 0.410 e. The molecule has 3 heterocycles. The number of aromatic nitrogens is 3. The average Bonchev–Trinajstić information content (AvgIpc) is 3.45. The molecule has 1 fully saturated rings. The second-order valence-corrected chi connectivity index (χ2v) is 14.3. The number of allylic oxidation sites excluding steroid dienone is 1. The molecule has 0 saturated carbocycles. The number of benzene rings is 2. The van der Waals surface area contributed by atoms with Crippen molar-refractivity contribution in [2.75, 3.05) is 40.4 Å². The number of rotatable bonds is 12. The van der Waals surface area contributed by atoms with Gasteiger partial charge in [-0.1, -0.05) is 36.7 Å². The standard InChI is InChI=1S/C40H46ClF2N5O5/c1-7-29(30-16-15-28(42)24-32(30)41)37(26-13-17-33-31(23-26)38(43)45-48(33)36-12-8-9-21-52-36)27-14-18-34(44-25-27)51-22-20-47(39(50)53-40(2,3)4)19-10-11-35(49)46(5)6/h10-11,13-18,23-25,36H,7-9,12,19-22H2,1-6H3/b11-10+,37-29-. The number of halogens is 3. The molecule has 0 bridgehead atoms. The number of nitrogens with zero attached hydrogens (tertiary/aromatic N) is 5. The topological polar surface area (TPSA) is 99.0 Å². The highest BCUT2D eigenvalue weighted by Gasteiger charge is 2.24. The molecule has 282 valence electrons. The highest BCUT2D eigenvalue weighted by atomic mass is 35.5. The number of hydrogen-bond donors (Lipinski definition) is 0. The maximum Gasteiger partial charge on any atom is 0.410 e. The summed E-state index contributed by atoms with van der Waals surface area (Å²) < 4.78 is 48.6. The fourth-order valence-electron chi connectivity index (χ4n) is 6.03. The van der Waals surface area contributed by atoms with Gasteiger partial charge in [0.2, 0.25) is 17.7 Å². The molecular weight excluding hydrogens is 704 g/mol. The van der Waals surface area contributed by atoms with Crippen LogP contribution < -0.4 is 4.74 Å². The van der Waals surface area contributed by atoms with Crippen LogP contribution in [0.25, 0.3) is 22.0 Å². The summed E-state index contributed by atoms with van der Waals surface area (Å²) in [5.41, 5.74) is 3.49. The van der Waals surface area contributed by atoms with Crippen LogP contribution in [-0.4, -0.2) is 82.6 Å². The average molecular weight is 750 g/mol. The molecule has 1 aliphatic heterocycles. The van der Waals surface area contributed by atoms with Crippen LogP contribution in [-0.2, 0) is 14.3 Å². The number of pyridine rings is 1. The molecule has 2 aromatic heterocycles. The van der Waals surface area contributed by atoms with Crippen LogP contribution in [0.3, 0.4) is 0 Å². The molecule has 0 spiro atoms. The number of fused-ring (bicyclic) bond motifs is 1. The van der Waals surface area contributed by atoms with Crippen molar-refractivity contribution < 1.29 is 32.6 Å². The van der Waals surface area contributed by atoms with Gasteiger partial charge < -0.3 is 24.0 Å². The van der Waals surface area contributed by atoms with Gasteiger partial charge in [-0.3, -0.25) is 4.79 Å². The van der Waals surface area contributed by atoms with E-state index in [4.69, 9.17) is 25.8 Å². The third-order valence-electron chi connectivity index (χ3n) is 8.60. The number of ether oxygens (including phenoxy) is 3. The van der Waals surface area contributed by atoms with Crippen LogP contribution in [0.1, 0.15) is 76.3 Å². The second kappa shape index (κ2) is 17.3. The SMILES string of the molecule is CC/C(=C(/c1ccc(OCCN(C/C=C/C(=O)N(C)C)C(=O)OC(C)(C)C)nc1)c1ccc2c(c1)c(F)nn2C1CCCCO1)c1ccc(F)cc1Cl. The van der Waals surface area contributed by atoms with Gasteiger partial charge in [-0.25, -0.2) is 18.9 Å². The van der Waals surface area contributed by atoms with E-state index in [0.29, 0.717) is 46.5 Å². The molecule has 0 aliphatic carbocycles. The van der Waals surface area contributed by atoms with Crippen molar-refractivity contribution in [3.05, 3.63) is 100 Å². The molecule has 1 unspecified atom stereocenters. The Hall–Kier alpha value is -4.81. The maximum atomic E-state index is 15.5. The van der Waals surface area contributed by atoms with Gasteiger partial charge in [-0.15, -0.1) is 5.10 Å². The van der Waals surface area contributed by atoms with Crippen molar-refractivity contribution >= 4 is 45.7 Å². The zero-order valence-electron chi connectivity index (χ0n) is 31.0. The molecule has 1 aliphatic rings. The first-order valence-corrected chi connectivity index (χ1v) is 18.1. The molecule has 53 heavy (non-hydrogen) atoms. The summed E-state index contributed by atoms with van der Waals surface area (Å²) in [7, 11) is 3.29. The van der Waals surface area contributed by atoms with Gasteiger partial charge in [0.05, 0.1) is 22.5 Å². The molecule has 4 aromatic rings. The molecule has 0 N–H and O–H groups in total. The minimum Gasteiger partial charge on any atom is -0.476 e.